The van der Waals surface area contributed by atoms with Gasteiger partial charge in [-0.1, -0.05) is 77.6 Å². The van der Waals surface area contributed by atoms with Crippen molar-refractivity contribution in [3.8, 4) is 5.75 Å². The molecule has 2 saturated heterocycles. The summed E-state index contributed by atoms with van der Waals surface area (Å²) in [6.07, 6.45) is 3.68. The number of aliphatic hydroxyl groups is 8. The molecule has 5 unspecified atom stereocenters. The Balaban J connectivity index is 1.13. The van der Waals surface area contributed by atoms with Gasteiger partial charge in [-0.05, 0) is 49.4 Å². The molecular weight excluding hydrogens is 716 g/mol. The van der Waals surface area contributed by atoms with E-state index in [0.29, 0.717) is 25.1 Å². The SMILES string of the molecule is CCC(O)CCCCCCCCCCCCCCC(=O)NCCc1c[nH]c2ccc(O[C@@H]3OC(CO[C@@H]4OC(CO)[C@H](O)[C@H](O)C4O)[C@H](O)[C@H](O)C3O)cc12. The van der Waals surface area contributed by atoms with Crippen LogP contribution in [0.15, 0.2) is 24.4 Å². The average molecular weight is 783 g/mol. The molecule has 55 heavy (non-hydrogen) atoms. The fourth-order valence-corrected chi connectivity index (χ4v) is 7.18. The van der Waals surface area contributed by atoms with Gasteiger partial charge in [-0.15, -0.1) is 0 Å². The molecule has 1 aromatic carbocycles. The van der Waals surface area contributed by atoms with Crippen molar-refractivity contribution in [2.75, 3.05) is 19.8 Å². The molecule has 10 N–H and O–H groups in total. The van der Waals surface area contributed by atoms with Crippen LogP contribution in [0.25, 0.3) is 10.9 Å². The van der Waals surface area contributed by atoms with Crippen molar-refractivity contribution in [1.82, 2.24) is 10.3 Å². The van der Waals surface area contributed by atoms with Gasteiger partial charge in [0.25, 0.3) is 0 Å². The maximum Gasteiger partial charge on any atom is 0.229 e. The maximum absolute atomic E-state index is 12.5. The Hall–Kier alpha value is -2.41. The van der Waals surface area contributed by atoms with E-state index < -0.39 is 74.6 Å². The summed E-state index contributed by atoms with van der Waals surface area (Å²) in [6, 6.07) is 5.19. The van der Waals surface area contributed by atoms with Crippen LogP contribution in [0.1, 0.15) is 109 Å². The molecule has 0 saturated carbocycles. The fraction of sp³-hybridized carbons (Fsp3) is 0.775. The molecule has 15 heteroatoms. The first-order chi connectivity index (χ1) is 26.5. The standard InChI is InChI=1S/C40H66N2O13/c1-2-26(44)15-13-11-9-7-5-3-4-6-8-10-12-14-16-32(45)41-20-19-25-22-42-29-18-17-27(21-28(25)29)53-40-38(51)36(49)34(47)31(55-40)24-52-39-37(50)35(48)33(46)30(23-43)54-39/h17-18,21-22,26,30-31,33-40,42-44,46-51H,2-16,19-20,23-24H2,1H3,(H,41,45)/t26?,30?,31?,33-,34-,35-,36-,37?,38?,39+,40+/m0/s1. The van der Waals surface area contributed by atoms with Crippen molar-refractivity contribution in [1.29, 1.82) is 0 Å². The molecule has 0 radical (unpaired) electrons. The minimum absolute atomic E-state index is 0.0299. The number of amides is 1. The number of benzene rings is 1. The molecular formula is C40H66N2O13. The summed E-state index contributed by atoms with van der Waals surface area (Å²) in [4.78, 5) is 15.7. The van der Waals surface area contributed by atoms with E-state index >= 15 is 0 Å². The van der Waals surface area contributed by atoms with Crippen LogP contribution in [-0.2, 0) is 25.4 Å². The van der Waals surface area contributed by atoms with Crippen LogP contribution >= 0.6 is 0 Å². The Kier molecular flexibility index (Phi) is 19.5. The summed E-state index contributed by atoms with van der Waals surface area (Å²) in [5, 5.41) is 84.9. The van der Waals surface area contributed by atoms with Crippen LogP contribution in [0.2, 0.25) is 0 Å². The molecule has 15 nitrogen and oxygen atoms in total. The number of aliphatic hydroxyl groups excluding tert-OH is 8. The fourth-order valence-electron chi connectivity index (χ4n) is 7.18. The van der Waals surface area contributed by atoms with Crippen LogP contribution in [0.5, 0.6) is 5.75 Å². The van der Waals surface area contributed by atoms with Gasteiger partial charge in [0.2, 0.25) is 12.2 Å². The van der Waals surface area contributed by atoms with E-state index in [2.05, 4.69) is 10.3 Å². The lowest BCUT2D eigenvalue weighted by atomic mass is 9.98. The third kappa shape index (κ3) is 13.9. The zero-order valence-electron chi connectivity index (χ0n) is 32.2. The molecule has 2 aromatic rings. The number of aromatic amines is 1. The summed E-state index contributed by atoms with van der Waals surface area (Å²) in [6.45, 7) is 1.38. The summed E-state index contributed by atoms with van der Waals surface area (Å²) in [7, 11) is 0. The first-order valence-electron chi connectivity index (χ1n) is 20.4. The highest BCUT2D eigenvalue weighted by atomic mass is 16.7. The lowest BCUT2D eigenvalue weighted by Crippen LogP contribution is -2.62. The number of aromatic nitrogens is 1. The second kappa shape index (κ2) is 23.7. The predicted octanol–water partition coefficient (Wildman–Crippen LogP) is 2.06. The van der Waals surface area contributed by atoms with E-state index in [0.717, 1.165) is 55.0 Å². The molecule has 2 aliphatic heterocycles. The summed E-state index contributed by atoms with van der Waals surface area (Å²) >= 11 is 0. The number of ether oxygens (including phenoxy) is 4. The van der Waals surface area contributed by atoms with Crippen LogP contribution in [0.4, 0.5) is 0 Å². The van der Waals surface area contributed by atoms with Crippen molar-refractivity contribution in [2.24, 2.45) is 0 Å². The van der Waals surface area contributed by atoms with E-state index in [1.165, 1.54) is 51.4 Å². The molecule has 2 fully saturated rings. The van der Waals surface area contributed by atoms with E-state index in [1.54, 1.807) is 18.2 Å². The van der Waals surface area contributed by atoms with Gasteiger partial charge in [-0.3, -0.25) is 4.79 Å². The average Bonchev–Trinajstić information content (AvgIpc) is 3.59. The lowest BCUT2D eigenvalue weighted by molar-refractivity contribution is -0.323. The van der Waals surface area contributed by atoms with Crippen molar-refractivity contribution < 1.29 is 64.6 Å². The van der Waals surface area contributed by atoms with Gasteiger partial charge in [-0.2, -0.15) is 0 Å². The smallest absolute Gasteiger partial charge is 0.229 e. The monoisotopic (exact) mass is 782 g/mol. The van der Waals surface area contributed by atoms with Gasteiger partial charge in [0.1, 0.15) is 54.6 Å². The highest BCUT2D eigenvalue weighted by Gasteiger charge is 2.48. The number of H-pyrrole nitrogens is 1. The van der Waals surface area contributed by atoms with E-state index in [-0.39, 0.29) is 12.0 Å². The zero-order chi connectivity index (χ0) is 39.7. The Morgan fingerprint density at radius 2 is 1.36 bits per heavy atom. The van der Waals surface area contributed by atoms with Crippen LogP contribution in [-0.4, -0.2) is 139 Å². The van der Waals surface area contributed by atoms with Crippen molar-refractivity contribution >= 4 is 16.8 Å². The highest BCUT2D eigenvalue weighted by molar-refractivity contribution is 5.84. The lowest BCUT2D eigenvalue weighted by Gasteiger charge is -2.42. The third-order valence-electron chi connectivity index (χ3n) is 10.8. The minimum atomic E-state index is -1.68. The normalized spacial score (nSPS) is 29.0. The molecule has 11 atom stereocenters. The number of carbonyl (C=O) groups is 1. The van der Waals surface area contributed by atoms with Crippen molar-refractivity contribution in [2.45, 2.75) is 177 Å². The van der Waals surface area contributed by atoms with Crippen LogP contribution in [0, 0.1) is 0 Å². The Labute approximate surface area is 324 Å². The van der Waals surface area contributed by atoms with E-state index in [4.69, 9.17) is 18.9 Å². The van der Waals surface area contributed by atoms with E-state index in [1.807, 2.05) is 13.1 Å². The first-order valence-corrected chi connectivity index (χ1v) is 20.4. The number of fused-ring (bicyclic) bond motifs is 1. The largest absolute Gasteiger partial charge is 0.462 e. The van der Waals surface area contributed by atoms with Gasteiger partial charge in [0.05, 0.1) is 19.3 Å². The number of nitrogens with one attached hydrogen (secondary N) is 2. The number of rotatable bonds is 25. The molecule has 2 aliphatic rings. The number of unbranched alkanes of at least 4 members (excludes halogenated alkanes) is 11. The van der Waals surface area contributed by atoms with Crippen LogP contribution in [0.3, 0.4) is 0 Å². The van der Waals surface area contributed by atoms with E-state index in [9.17, 15) is 45.6 Å². The molecule has 314 valence electrons. The van der Waals surface area contributed by atoms with Gasteiger partial charge in [0, 0.05) is 30.1 Å². The molecule has 4 rings (SSSR count). The van der Waals surface area contributed by atoms with Gasteiger partial charge >= 0.3 is 0 Å². The topological polar surface area (TPSA) is 244 Å². The van der Waals surface area contributed by atoms with Gasteiger partial charge in [-0.25, -0.2) is 0 Å². The highest BCUT2D eigenvalue weighted by Crippen LogP contribution is 2.30. The molecule has 3 heterocycles. The van der Waals surface area contributed by atoms with Crippen LogP contribution < -0.4 is 10.1 Å². The molecule has 0 aliphatic carbocycles. The number of hydrogen-bond donors (Lipinski definition) is 10. The van der Waals surface area contributed by atoms with Crippen molar-refractivity contribution in [3.05, 3.63) is 30.0 Å². The second-order valence-corrected chi connectivity index (χ2v) is 15.1. The summed E-state index contributed by atoms with van der Waals surface area (Å²) in [5.74, 6) is 0.344. The first kappa shape index (κ1) is 45.3. The number of carbonyl (C=O) groups excluding carboxylic acids is 1. The van der Waals surface area contributed by atoms with Crippen molar-refractivity contribution in [3.63, 3.8) is 0 Å². The third-order valence-corrected chi connectivity index (χ3v) is 10.8. The minimum Gasteiger partial charge on any atom is -0.462 e. The predicted molar refractivity (Wildman–Crippen MR) is 203 cm³/mol. The zero-order valence-corrected chi connectivity index (χ0v) is 32.2. The maximum atomic E-state index is 12.5. The molecule has 1 amide bonds. The Morgan fingerprint density at radius 1 is 0.782 bits per heavy atom. The number of hydrogen-bond acceptors (Lipinski definition) is 13. The summed E-state index contributed by atoms with van der Waals surface area (Å²) in [5.41, 5.74) is 1.78. The Bertz CT molecular complexity index is 1380. The molecule has 0 bridgehead atoms. The van der Waals surface area contributed by atoms with Gasteiger partial charge in [0.15, 0.2) is 6.29 Å². The summed E-state index contributed by atoms with van der Waals surface area (Å²) < 4.78 is 22.5. The molecule has 1 aromatic heterocycles. The molecule has 0 spiro atoms. The quantitative estimate of drug-likeness (QED) is 0.0650. The Morgan fingerprint density at radius 3 is 2.00 bits per heavy atom. The van der Waals surface area contributed by atoms with Gasteiger partial charge < -0.3 is 70.1 Å². The second-order valence-electron chi connectivity index (χ2n) is 15.1.